The number of aryl methyl sites for hydroxylation is 1. The van der Waals surface area contributed by atoms with Gasteiger partial charge >= 0.3 is 0 Å². The van der Waals surface area contributed by atoms with Crippen molar-refractivity contribution >= 4 is 11.7 Å². The van der Waals surface area contributed by atoms with Gasteiger partial charge in [0.25, 0.3) is 0 Å². The first-order valence-corrected chi connectivity index (χ1v) is 8.37. The fourth-order valence-corrected chi connectivity index (χ4v) is 2.86. The largest absolute Gasteiger partial charge is 0.353 e. The quantitative estimate of drug-likeness (QED) is 0.772. The molecule has 3 rings (SSSR count). The molecule has 7 heteroatoms. The minimum absolute atomic E-state index is 0.215. The lowest BCUT2D eigenvalue weighted by atomic mass is 10.2. The van der Waals surface area contributed by atoms with Crippen molar-refractivity contribution in [3.8, 4) is 0 Å². The molecule has 0 atom stereocenters. The van der Waals surface area contributed by atoms with E-state index in [4.69, 9.17) is 0 Å². The van der Waals surface area contributed by atoms with Crippen LogP contribution in [0.25, 0.3) is 0 Å². The Morgan fingerprint density at radius 3 is 2.79 bits per heavy atom. The van der Waals surface area contributed by atoms with Crippen LogP contribution >= 0.6 is 0 Å². The topological polar surface area (TPSA) is 77.2 Å². The van der Waals surface area contributed by atoms with E-state index in [1.807, 2.05) is 36.2 Å². The van der Waals surface area contributed by atoms with Crippen molar-refractivity contribution in [2.24, 2.45) is 0 Å². The number of H-pyrrole nitrogens is 1. The summed E-state index contributed by atoms with van der Waals surface area (Å²) in [5.74, 6) is 1.20. The zero-order valence-corrected chi connectivity index (χ0v) is 14.0. The molecule has 0 aliphatic carbocycles. The number of amides is 1. The predicted octanol–water partition coefficient (Wildman–Crippen LogP) is 0.942. The van der Waals surface area contributed by atoms with Crippen LogP contribution in [0.3, 0.4) is 0 Å². The molecular formula is C17H24N6O. The van der Waals surface area contributed by atoms with Crippen LogP contribution in [0, 0.1) is 6.92 Å². The smallest absolute Gasteiger partial charge is 0.223 e. The summed E-state index contributed by atoms with van der Waals surface area (Å²) in [6.45, 7) is 6.62. The molecule has 0 aromatic carbocycles. The molecule has 1 amide bonds. The first-order chi connectivity index (χ1) is 11.7. The van der Waals surface area contributed by atoms with Gasteiger partial charge in [0.15, 0.2) is 0 Å². The Morgan fingerprint density at radius 1 is 1.29 bits per heavy atom. The van der Waals surface area contributed by atoms with E-state index in [1.165, 1.54) is 0 Å². The molecule has 7 nitrogen and oxygen atoms in total. The average molecular weight is 328 g/mol. The molecular weight excluding hydrogens is 304 g/mol. The van der Waals surface area contributed by atoms with Crippen molar-refractivity contribution in [2.45, 2.75) is 19.9 Å². The van der Waals surface area contributed by atoms with Gasteiger partial charge in [-0.15, -0.1) is 0 Å². The minimum atomic E-state index is 0.215. The average Bonchev–Trinajstić information content (AvgIpc) is 3.04. The number of nitrogens with zero attached hydrogens (tertiary/aromatic N) is 4. The molecule has 0 bridgehead atoms. The number of aromatic amines is 1. The molecule has 24 heavy (non-hydrogen) atoms. The van der Waals surface area contributed by atoms with Crippen molar-refractivity contribution in [2.75, 3.05) is 37.6 Å². The molecule has 1 fully saturated rings. The maximum atomic E-state index is 12.3. The summed E-state index contributed by atoms with van der Waals surface area (Å²) < 4.78 is 0. The van der Waals surface area contributed by atoms with Gasteiger partial charge in [0.1, 0.15) is 5.82 Å². The second-order valence-corrected chi connectivity index (χ2v) is 6.00. The summed E-state index contributed by atoms with van der Waals surface area (Å²) in [4.78, 5) is 20.8. The van der Waals surface area contributed by atoms with Gasteiger partial charge in [-0.05, 0) is 19.1 Å². The standard InChI is InChI=1S/C17H24N6O/c1-14-15(13-20-21-14)12-18-7-5-17(24)23-10-8-22(9-11-23)16-4-2-3-6-19-16/h2-4,6,13,18H,5,7-12H2,1H3,(H,20,21). The summed E-state index contributed by atoms with van der Waals surface area (Å²) in [6, 6.07) is 5.92. The molecule has 2 aromatic heterocycles. The molecule has 0 radical (unpaired) electrons. The summed E-state index contributed by atoms with van der Waals surface area (Å²) >= 11 is 0. The van der Waals surface area contributed by atoms with Crippen molar-refractivity contribution < 1.29 is 4.79 Å². The Kier molecular flexibility index (Phi) is 5.43. The van der Waals surface area contributed by atoms with Gasteiger partial charge in [-0.2, -0.15) is 5.10 Å². The molecule has 1 aliphatic rings. The molecule has 1 saturated heterocycles. The Morgan fingerprint density at radius 2 is 2.12 bits per heavy atom. The maximum Gasteiger partial charge on any atom is 0.223 e. The molecule has 3 heterocycles. The SMILES string of the molecule is Cc1[nH]ncc1CNCCC(=O)N1CCN(c2ccccn2)CC1. The number of pyridine rings is 1. The zero-order valence-electron chi connectivity index (χ0n) is 14.0. The van der Waals surface area contributed by atoms with Crippen molar-refractivity contribution in [3.05, 3.63) is 41.9 Å². The van der Waals surface area contributed by atoms with E-state index in [2.05, 4.69) is 25.4 Å². The Balaban J connectivity index is 1.37. The minimum Gasteiger partial charge on any atom is -0.353 e. The third-order valence-corrected chi connectivity index (χ3v) is 4.37. The fraction of sp³-hybridized carbons (Fsp3) is 0.471. The molecule has 0 saturated carbocycles. The van der Waals surface area contributed by atoms with Gasteiger partial charge in [-0.1, -0.05) is 6.07 Å². The first-order valence-electron chi connectivity index (χ1n) is 8.37. The van der Waals surface area contributed by atoms with Gasteiger partial charge in [-0.3, -0.25) is 9.89 Å². The molecule has 2 N–H and O–H groups in total. The van der Waals surface area contributed by atoms with Crippen molar-refractivity contribution in [3.63, 3.8) is 0 Å². The summed E-state index contributed by atoms with van der Waals surface area (Å²) in [5.41, 5.74) is 2.21. The molecule has 2 aromatic rings. The van der Waals surface area contributed by atoms with E-state index in [0.717, 1.165) is 49.8 Å². The van der Waals surface area contributed by atoms with E-state index < -0.39 is 0 Å². The van der Waals surface area contributed by atoms with E-state index in [1.54, 1.807) is 6.20 Å². The fourth-order valence-electron chi connectivity index (χ4n) is 2.86. The second kappa shape index (κ2) is 7.92. The number of piperazine rings is 1. The Labute approximate surface area is 142 Å². The highest BCUT2D eigenvalue weighted by Gasteiger charge is 2.21. The number of carbonyl (C=O) groups is 1. The number of hydrogen-bond donors (Lipinski definition) is 2. The van der Waals surface area contributed by atoms with Gasteiger partial charge in [0.05, 0.1) is 6.20 Å². The summed E-state index contributed by atoms with van der Waals surface area (Å²) in [7, 11) is 0. The molecule has 128 valence electrons. The van der Waals surface area contributed by atoms with Crippen LogP contribution in [0.1, 0.15) is 17.7 Å². The summed E-state index contributed by atoms with van der Waals surface area (Å²) in [6.07, 6.45) is 4.15. The number of anilines is 1. The second-order valence-electron chi connectivity index (χ2n) is 6.00. The maximum absolute atomic E-state index is 12.3. The van der Waals surface area contributed by atoms with Gasteiger partial charge in [0.2, 0.25) is 5.91 Å². The van der Waals surface area contributed by atoms with E-state index in [-0.39, 0.29) is 5.91 Å². The monoisotopic (exact) mass is 328 g/mol. The number of rotatable bonds is 6. The van der Waals surface area contributed by atoms with Crippen LogP contribution in [0.15, 0.2) is 30.6 Å². The lowest BCUT2D eigenvalue weighted by molar-refractivity contribution is -0.131. The van der Waals surface area contributed by atoms with E-state index in [0.29, 0.717) is 13.0 Å². The van der Waals surface area contributed by atoms with Gasteiger partial charge in [0, 0.05) is 63.1 Å². The number of carbonyl (C=O) groups excluding carboxylic acids is 1. The number of hydrogen-bond acceptors (Lipinski definition) is 5. The van der Waals surface area contributed by atoms with E-state index in [9.17, 15) is 4.79 Å². The molecule has 0 spiro atoms. The predicted molar refractivity (Wildman–Crippen MR) is 92.7 cm³/mol. The van der Waals surface area contributed by atoms with Crippen LogP contribution in [-0.2, 0) is 11.3 Å². The van der Waals surface area contributed by atoms with Crippen LogP contribution in [0.4, 0.5) is 5.82 Å². The van der Waals surface area contributed by atoms with Gasteiger partial charge < -0.3 is 15.1 Å². The number of aromatic nitrogens is 3. The lowest BCUT2D eigenvalue weighted by Crippen LogP contribution is -2.49. The van der Waals surface area contributed by atoms with Crippen LogP contribution < -0.4 is 10.2 Å². The lowest BCUT2D eigenvalue weighted by Gasteiger charge is -2.35. The first kappa shape index (κ1) is 16.4. The van der Waals surface area contributed by atoms with Crippen LogP contribution in [0.5, 0.6) is 0 Å². The van der Waals surface area contributed by atoms with Crippen molar-refractivity contribution in [1.82, 2.24) is 25.4 Å². The molecule has 0 unspecified atom stereocenters. The third kappa shape index (κ3) is 4.11. The zero-order chi connectivity index (χ0) is 16.8. The molecule has 1 aliphatic heterocycles. The van der Waals surface area contributed by atoms with Crippen LogP contribution in [-0.4, -0.2) is 58.7 Å². The van der Waals surface area contributed by atoms with Crippen molar-refractivity contribution in [1.29, 1.82) is 0 Å². The Bertz CT molecular complexity index is 648. The van der Waals surface area contributed by atoms with E-state index >= 15 is 0 Å². The highest BCUT2D eigenvalue weighted by atomic mass is 16.2. The number of nitrogens with one attached hydrogen (secondary N) is 2. The highest BCUT2D eigenvalue weighted by molar-refractivity contribution is 5.76. The third-order valence-electron chi connectivity index (χ3n) is 4.37. The van der Waals surface area contributed by atoms with Crippen LogP contribution in [0.2, 0.25) is 0 Å². The van der Waals surface area contributed by atoms with Gasteiger partial charge in [-0.25, -0.2) is 4.98 Å². The normalized spacial score (nSPS) is 14.9. The summed E-state index contributed by atoms with van der Waals surface area (Å²) in [5, 5.41) is 10.2. The Hall–Kier alpha value is -2.41. The highest BCUT2D eigenvalue weighted by Crippen LogP contribution is 2.12.